The second-order valence-electron chi connectivity index (χ2n) is 3.46. The topological polar surface area (TPSA) is 55.8 Å². The predicted octanol–water partition coefficient (Wildman–Crippen LogP) is 2.23. The molecule has 0 aliphatic rings. The summed E-state index contributed by atoms with van der Waals surface area (Å²) in [6.07, 6.45) is -4.33. The van der Waals surface area contributed by atoms with Crippen molar-refractivity contribution in [2.24, 2.45) is 0 Å². The number of esters is 1. The first-order valence-corrected chi connectivity index (χ1v) is 5.32. The van der Waals surface area contributed by atoms with E-state index in [-0.39, 0.29) is 23.5 Å². The highest BCUT2D eigenvalue weighted by Gasteiger charge is 2.22. The zero-order chi connectivity index (χ0) is 13.7. The molecule has 0 saturated heterocycles. The Bertz CT molecular complexity index is 421. The summed E-state index contributed by atoms with van der Waals surface area (Å²) >= 11 is 0. The van der Waals surface area contributed by atoms with Crippen molar-refractivity contribution in [3.8, 4) is 5.75 Å². The quantitative estimate of drug-likeness (QED) is 0.825. The Morgan fingerprint density at radius 2 is 2.11 bits per heavy atom. The molecule has 0 amide bonds. The number of aliphatic hydroxyl groups excluding tert-OH is 1. The van der Waals surface area contributed by atoms with Crippen LogP contribution in [-0.4, -0.2) is 24.8 Å². The van der Waals surface area contributed by atoms with Crippen LogP contribution >= 0.6 is 0 Å². The number of alkyl halides is 2. The van der Waals surface area contributed by atoms with Gasteiger partial charge in [0.2, 0.25) is 0 Å². The highest BCUT2D eigenvalue weighted by atomic mass is 19.3. The predicted molar refractivity (Wildman–Crippen MR) is 59.5 cm³/mol. The van der Waals surface area contributed by atoms with Gasteiger partial charge in [0.15, 0.2) is 6.10 Å². The van der Waals surface area contributed by atoms with Crippen LogP contribution in [0.5, 0.6) is 5.75 Å². The Morgan fingerprint density at radius 3 is 2.61 bits per heavy atom. The van der Waals surface area contributed by atoms with E-state index in [2.05, 4.69) is 4.74 Å². The van der Waals surface area contributed by atoms with Gasteiger partial charge in [-0.2, -0.15) is 0 Å². The van der Waals surface area contributed by atoms with E-state index in [9.17, 15) is 18.7 Å². The average molecular weight is 260 g/mol. The largest absolute Gasteiger partial charge is 0.496 e. The van der Waals surface area contributed by atoms with Crippen LogP contribution in [0.4, 0.5) is 8.78 Å². The lowest BCUT2D eigenvalue weighted by molar-refractivity contribution is -0.153. The number of hydrogen-bond acceptors (Lipinski definition) is 4. The van der Waals surface area contributed by atoms with E-state index >= 15 is 0 Å². The number of halogens is 2. The van der Waals surface area contributed by atoms with Gasteiger partial charge in [-0.1, -0.05) is 6.07 Å². The van der Waals surface area contributed by atoms with Crippen LogP contribution in [0, 0.1) is 0 Å². The molecule has 1 atom stereocenters. The monoisotopic (exact) mass is 260 g/mol. The van der Waals surface area contributed by atoms with Crippen LogP contribution in [0.2, 0.25) is 0 Å². The summed E-state index contributed by atoms with van der Waals surface area (Å²) in [5.74, 6) is -0.868. The molecular weight excluding hydrogens is 246 g/mol. The lowest BCUT2D eigenvalue weighted by Gasteiger charge is -2.13. The van der Waals surface area contributed by atoms with Crippen molar-refractivity contribution in [1.82, 2.24) is 0 Å². The number of methoxy groups -OCH3 is 1. The standard InChI is InChI=1S/C12H14F2O4/c1-3-18-12(16)10(15)7-4-5-9(17-2)8(6-7)11(13)14/h4-6,10-11,15H,3H2,1-2H3. The SMILES string of the molecule is CCOC(=O)C(O)c1ccc(OC)c(C(F)F)c1. The summed E-state index contributed by atoms with van der Waals surface area (Å²) in [6, 6.07) is 3.65. The molecule has 18 heavy (non-hydrogen) atoms. The van der Waals surface area contributed by atoms with Gasteiger partial charge in [0.05, 0.1) is 19.3 Å². The Balaban J connectivity index is 3.04. The first-order chi connectivity index (χ1) is 8.51. The number of rotatable bonds is 5. The molecule has 4 nitrogen and oxygen atoms in total. The zero-order valence-electron chi connectivity index (χ0n) is 10.0. The highest BCUT2D eigenvalue weighted by Crippen LogP contribution is 2.31. The van der Waals surface area contributed by atoms with Crippen molar-refractivity contribution in [1.29, 1.82) is 0 Å². The van der Waals surface area contributed by atoms with Crippen LogP contribution in [0.1, 0.15) is 30.6 Å². The van der Waals surface area contributed by atoms with Gasteiger partial charge in [-0.05, 0) is 24.6 Å². The molecule has 0 radical (unpaired) electrons. The minimum atomic E-state index is -2.76. The number of hydrogen-bond donors (Lipinski definition) is 1. The molecule has 0 aliphatic carbocycles. The maximum Gasteiger partial charge on any atom is 0.339 e. The van der Waals surface area contributed by atoms with E-state index in [1.165, 1.54) is 19.2 Å². The molecule has 1 aromatic carbocycles. The molecule has 0 bridgehead atoms. The van der Waals surface area contributed by atoms with Crippen molar-refractivity contribution >= 4 is 5.97 Å². The molecule has 1 aromatic rings. The van der Waals surface area contributed by atoms with Crippen molar-refractivity contribution < 1.29 is 28.2 Å². The first kappa shape index (κ1) is 14.4. The maximum absolute atomic E-state index is 12.7. The van der Waals surface area contributed by atoms with Gasteiger partial charge >= 0.3 is 5.97 Å². The van der Waals surface area contributed by atoms with Gasteiger partial charge < -0.3 is 14.6 Å². The molecule has 0 heterocycles. The van der Waals surface area contributed by atoms with E-state index in [0.717, 1.165) is 6.07 Å². The normalized spacial score (nSPS) is 12.3. The lowest BCUT2D eigenvalue weighted by atomic mass is 10.1. The Morgan fingerprint density at radius 1 is 1.44 bits per heavy atom. The van der Waals surface area contributed by atoms with Gasteiger partial charge in [0, 0.05) is 0 Å². The molecule has 0 spiro atoms. The van der Waals surface area contributed by atoms with Gasteiger partial charge in [-0.15, -0.1) is 0 Å². The summed E-state index contributed by atoms with van der Waals surface area (Å²) in [5.41, 5.74) is -0.331. The van der Waals surface area contributed by atoms with Crippen LogP contribution in [0.3, 0.4) is 0 Å². The van der Waals surface area contributed by atoms with Crippen LogP contribution < -0.4 is 4.74 Å². The molecule has 6 heteroatoms. The molecule has 1 N–H and O–H groups in total. The summed E-state index contributed by atoms with van der Waals surface area (Å²) in [4.78, 5) is 11.3. The maximum atomic E-state index is 12.7. The fourth-order valence-corrected chi connectivity index (χ4v) is 1.45. The number of ether oxygens (including phenoxy) is 2. The van der Waals surface area contributed by atoms with E-state index < -0.39 is 18.5 Å². The molecule has 0 aliphatic heterocycles. The molecule has 1 rings (SSSR count). The van der Waals surface area contributed by atoms with Gasteiger partial charge in [-0.25, -0.2) is 13.6 Å². The van der Waals surface area contributed by atoms with Crippen molar-refractivity contribution in [3.63, 3.8) is 0 Å². The zero-order valence-corrected chi connectivity index (χ0v) is 10.0. The average Bonchev–Trinajstić information content (AvgIpc) is 2.37. The van der Waals surface area contributed by atoms with Crippen LogP contribution in [0.25, 0.3) is 0 Å². The Hall–Kier alpha value is -1.69. The lowest BCUT2D eigenvalue weighted by Crippen LogP contribution is -2.15. The fraction of sp³-hybridized carbons (Fsp3) is 0.417. The smallest absolute Gasteiger partial charge is 0.339 e. The summed E-state index contributed by atoms with van der Waals surface area (Å²) in [6.45, 7) is 1.69. The number of carbonyl (C=O) groups is 1. The molecule has 100 valence electrons. The third kappa shape index (κ3) is 3.16. The van der Waals surface area contributed by atoms with E-state index in [0.29, 0.717) is 0 Å². The third-order valence-electron chi connectivity index (χ3n) is 2.31. The van der Waals surface area contributed by atoms with Crippen LogP contribution in [-0.2, 0) is 9.53 Å². The second-order valence-corrected chi connectivity index (χ2v) is 3.46. The van der Waals surface area contributed by atoms with E-state index in [1.54, 1.807) is 6.92 Å². The molecule has 0 saturated carbocycles. The van der Waals surface area contributed by atoms with Gasteiger partial charge in [-0.3, -0.25) is 0 Å². The van der Waals surface area contributed by atoms with Crippen molar-refractivity contribution in [3.05, 3.63) is 29.3 Å². The fourth-order valence-electron chi connectivity index (χ4n) is 1.45. The minimum absolute atomic E-state index is 0.00445. The second kappa shape index (κ2) is 6.30. The van der Waals surface area contributed by atoms with Gasteiger partial charge in [0.1, 0.15) is 5.75 Å². The number of benzene rings is 1. The summed E-state index contributed by atoms with van der Waals surface area (Å²) in [7, 11) is 1.27. The molecule has 1 unspecified atom stereocenters. The van der Waals surface area contributed by atoms with Crippen LogP contribution in [0.15, 0.2) is 18.2 Å². The van der Waals surface area contributed by atoms with Crippen molar-refractivity contribution in [2.45, 2.75) is 19.5 Å². The molecule has 0 aromatic heterocycles. The Labute approximate surface area is 103 Å². The van der Waals surface area contributed by atoms with Crippen molar-refractivity contribution in [2.75, 3.05) is 13.7 Å². The Kier molecular flexibility index (Phi) is 5.03. The first-order valence-electron chi connectivity index (χ1n) is 5.32. The number of aliphatic hydroxyl groups is 1. The summed E-state index contributed by atoms with van der Waals surface area (Å²) < 4.78 is 34.8. The van der Waals surface area contributed by atoms with E-state index in [4.69, 9.17) is 4.74 Å². The highest BCUT2D eigenvalue weighted by molar-refractivity contribution is 5.76. The van der Waals surface area contributed by atoms with Gasteiger partial charge in [0.25, 0.3) is 6.43 Å². The minimum Gasteiger partial charge on any atom is -0.496 e. The molecule has 0 fully saturated rings. The number of carbonyl (C=O) groups excluding carboxylic acids is 1. The molecular formula is C12H14F2O4. The third-order valence-corrected chi connectivity index (χ3v) is 2.31. The summed E-state index contributed by atoms with van der Waals surface area (Å²) in [5, 5.41) is 9.63. The van der Waals surface area contributed by atoms with E-state index in [1.807, 2.05) is 0 Å².